The molecule has 0 aliphatic carbocycles. The van der Waals surface area contributed by atoms with Gasteiger partial charge >= 0.3 is 5.82 Å². The normalized spacial score (nSPS) is 10.7. The molecule has 0 unspecified atom stereocenters. The Morgan fingerprint density at radius 1 is 1.67 bits per heavy atom. The van der Waals surface area contributed by atoms with Crippen LogP contribution in [0, 0.1) is 10.1 Å². The van der Waals surface area contributed by atoms with Crippen LogP contribution in [-0.2, 0) is 6.61 Å². The van der Waals surface area contributed by atoms with E-state index in [4.69, 9.17) is 5.11 Å². The van der Waals surface area contributed by atoms with E-state index in [0.29, 0.717) is 0 Å². The third-order valence-corrected chi connectivity index (χ3v) is 2.26. The third-order valence-electron chi connectivity index (χ3n) is 1.66. The van der Waals surface area contributed by atoms with Crippen molar-refractivity contribution in [2.45, 2.75) is 13.0 Å². The molecule has 1 rings (SSSR count). The summed E-state index contributed by atoms with van der Waals surface area (Å²) >= 11 is 2.70. The van der Waals surface area contributed by atoms with Crippen LogP contribution in [0.2, 0.25) is 0 Å². The molecule has 1 aromatic heterocycles. The molecule has 15 heavy (non-hydrogen) atoms. The van der Waals surface area contributed by atoms with Crippen LogP contribution >= 0.6 is 15.9 Å². The Labute approximate surface area is 91.0 Å². The third kappa shape index (κ3) is 2.45. The molecule has 5 nitrogen and oxygen atoms in total. The van der Waals surface area contributed by atoms with Gasteiger partial charge in [-0.25, -0.2) is 8.78 Å². The Morgan fingerprint density at radius 3 is 2.67 bits per heavy atom. The Hall–Kier alpha value is -1.15. The number of hydrogen-bond donors (Lipinski definition) is 1. The Balaban J connectivity index is 3.37. The predicted octanol–water partition coefficient (Wildman–Crippen LogP) is 2.18. The summed E-state index contributed by atoms with van der Waals surface area (Å²) in [5.74, 6) is -0.588. The van der Waals surface area contributed by atoms with Crippen molar-refractivity contribution < 1.29 is 18.8 Å². The summed E-state index contributed by atoms with van der Waals surface area (Å²) in [6, 6.07) is 0.826. The summed E-state index contributed by atoms with van der Waals surface area (Å²) in [5.41, 5.74) is -0.735. The van der Waals surface area contributed by atoms with Crippen LogP contribution in [0.3, 0.4) is 0 Å². The van der Waals surface area contributed by atoms with Crippen molar-refractivity contribution in [3.05, 3.63) is 31.9 Å². The van der Waals surface area contributed by atoms with Gasteiger partial charge in [-0.1, -0.05) is 0 Å². The number of aliphatic hydroxyl groups excluding tert-OH is 1. The molecule has 0 bridgehead atoms. The summed E-state index contributed by atoms with van der Waals surface area (Å²) in [4.78, 5) is 12.9. The van der Waals surface area contributed by atoms with Crippen LogP contribution in [-0.4, -0.2) is 15.0 Å². The molecular formula is C7H5BrF2N2O3. The molecule has 0 atom stereocenters. The van der Waals surface area contributed by atoms with Gasteiger partial charge in [0.2, 0.25) is 4.60 Å². The summed E-state index contributed by atoms with van der Waals surface area (Å²) in [6.45, 7) is -0.707. The predicted molar refractivity (Wildman–Crippen MR) is 49.5 cm³/mol. The first-order valence-electron chi connectivity index (χ1n) is 3.70. The van der Waals surface area contributed by atoms with Crippen molar-refractivity contribution >= 4 is 21.7 Å². The number of rotatable bonds is 3. The molecule has 0 spiro atoms. The topological polar surface area (TPSA) is 76.3 Å². The maximum atomic E-state index is 12.5. The average molecular weight is 283 g/mol. The van der Waals surface area contributed by atoms with E-state index < -0.39 is 29.3 Å². The first-order chi connectivity index (χ1) is 6.97. The van der Waals surface area contributed by atoms with Gasteiger partial charge in [0.25, 0.3) is 6.43 Å². The highest BCUT2D eigenvalue weighted by atomic mass is 79.9. The number of hydrogen-bond acceptors (Lipinski definition) is 4. The van der Waals surface area contributed by atoms with Gasteiger partial charge in [-0.3, -0.25) is 0 Å². The maximum Gasteiger partial charge on any atom is 0.365 e. The van der Waals surface area contributed by atoms with Gasteiger partial charge in [0.05, 0.1) is 12.2 Å². The van der Waals surface area contributed by atoms with Crippen LogP contribution < -0.4 is 0 Å². The molecule has 0 amide bonds. The zero-order valence-electron chi connectivity index (χ0n) is 7.15. The number of halogens is 3. The fourth-order valence-corrected chi connectivity index (χ4v) is 1.62. The number of alkyl halides is 2. The van der Waals surface area contributed by atoms with Crippen molar-refractivity contribution in [1.82, 2.24) is 4.98 Å². The second-order valence-corrected chi connectivity index (χ2v) is 3.31. The first kappa shape index (κ1) is 11.9. The number of nitro groups is 1. The highest BCUT2D eigenvalue weighted by Gasteiger charge is 2.24. The standard InChI is InChI=1S/C7H5BrF2N2O3/c8-6-5(7(9)10)3(2-13)1-4(11-6)12(14)15/h1,7,13H,2H2. The molecule has 0 aliphatic heterocycles. The molecule has 0 aliphatic rings. The van der Waals surface area contributed by atoms with E-state index in [1.54, 1.807) is 0 Å². The van der Waals surface area contributed by atoms with Crippen molar-refractivity contribution in [3.63, 3.8) is 0 Å². The van der Waals surface area contributed by atoms with E-state index in [0.717, 1.165) is 6.07 Å². The second-order valence-electron chi connectivity index (χ2n) is 2.56. The number of nitrogens with zero attached hydrogens (tertiary/aromatic N) is 2. The maximum absolute atomic E-state index is 12.5. The number of aliphatic hydroxyl groups is 1. The van der Waals surface area contributed by atoms with E-state index in [1.807, 2.05) is 0 Å². The Bertz CT molecular complexity index is 400. The van der Waals surface area contributed by atoms with Crippen LogP contribution in [0.4, 0.5) is 14.6 Å². The zero-order chi connectivity index (χ0) is 11.6. The van der Waals surface area contributed by atoms with E-state index >= 15 is 0 Å². The molecule has 0 fully saturated rings. The second kappa shape index (κ2) is 4.58. The molecule has 82 valence electrons. The number of aromatic nitrogens is 1. The van der Waals surface area contributed by atoms with Gasteiger partial charge < -0.3 is 15.2 Å². The lowest BCUT2D eigenvalue weighted by molar-refractivity contribution is -0.389. The largest absolute Gasteiger partial charge is 0.392 e. The molecule has 0 aromatic carbocycles. The van der Waals surface area contributed by atoms with E-state index in [1.165, 1.54) is 0 Å². The lowest BCUT2D eigenvalue weighted by atomic mass is 10.1. The van der Waals surface area contributed by atoms with Crippen LogP contribution in [0.15, 0.2) is 10.7 Å². The quantitative estimate of drug-likeness (QED) is 0.524. The lowest BCUT2D eigenvalue weighted by Gasteiger charge is -2.05. The van der Waals surface area contributed by atoms with Gasteiger partial charge in [-0.2, -0.15) is 0 Å². The monoisotopic (exact) mass is 282 g/mol. The summed E-state index contributed by atoms with van der Waals surface area (Å²) in [7, 11) is 0. The molecular weight excluding hydrogens is 278 g/mol. The minimum atomic E-state index is -2.85. The Kier molecular flexibility index (Phi) is 3.64. The zero-order valence-corrected chi connectivity index (χ0v) is 8.74. The fourth-order valence-electron chi connectivity index (χ4n) is 1.01. The van der Waals surface area contributed by atoms with Gasteiger partial charge in [0.1, 0.15) is 0 Å². The van der Waals surface area contributed by atoms with Gasteiger partial charge in [0, 0.05) is 22.0 Å². The summed E-state index contributed by atoms with van der Waals surface area (Å²) < 4.78 is 24.6. The van der Waals surface area contributed by atoms with Crippen LogP contribution in [0.5, 0.6) is 0 Å². The molecule has 1 aromatic rings. The summed E-state index contributed by atoms with van der Waals surface area (Å²) in [5, 5.41) is 19.1. The molecule has 0 saturated heterocycles. The molecule has 1 heterocycles. The van der Waals surface area contributed by atoms with Crippen molar-refractivity contribution in [2.75, 3.05) is 0 Å². The van der Waals surface area contributed by atoms with Gasteiger partial charge in [-0.15, -0.1) is 0 Å². The van der Waals surface area contributed by atoms with Crippen LogP contribution in [0.1, 0.15) is 17.6 Å². The molecule has 8 heteroatoms. The van der Waals surface area contributed by atoms with Crippen molar-refractivity contribution in [2.24, 2.45) is 0 Å². The summed E-state index contributed by atoms with van der Waals surface area (Å²) in [6.07, 6.45) is -2.85. The molecule has 1 N–H and O–H groups in total. The number of pyridine rings is 1. The smallest absolute Gasteiger partial charge is 0.365 e. The fraction of sp³-hybridized carbons (Fsp3) is 0.286. The highest BCUT2D eigenvalue weighted by Crippen LogP contribution is 2.31. The van der Waals surface area contributed by atoms with Gasteiger partial charge in [0.15, 0.2) is 0 Å². The van der Waals surface area contributed by atoms with Crippen molar-refractivity contribution in [3.8, 4) is 0 Å². The molecule has 0 radical (unpaired) electrons. The lowest BCUT2D eigenvalue weighted by Crippen LogP contribution is -2.02. The van der Waals surface area contributed by atoms with E-state index in [-0.39, 0.29) is 10.2 Å². The van der Waals surface area contributed by atoms with E-state index in [2.05, 4.69) is 20.9 Å². The SMILES string of the molecule is O=[N+]([O-])c1cc(CO)c(C(F)F)c(Br)n1. The average Bonchev–Trinajstić information content (AvgIpc) is 2.15. The van der Waals surface area contributed by atoms with Crippen LogP contribution in [0.25, 0.3) is 0 Å². The first-order valence-corrected chi connectivity index (χ1v) is 4.49. The minimum Gasteiger partial charge on any atom is -0.392 e. The van der Waals surface area contributed by atoms with Crippen molar-refractivity contribution in [1.29, 1.82) is 0 Å². The highest BCUT2D eigenvalue weighted by molar-refractivity contribution is 9.10. The minimum absolute atomic E-state index is 0.210. The van der Waals surface area contributed by atoms with E-state index in [9.17, 15) is 18.9 Å². The Morgan fingerprint density at radius 2 is 2.27 bits per heavy atom. The van der Waals surface area contributed by atoms with Gasteiger partial charge in [-0.05, 0) is 15.5 Å². The molecule has 0 saturated carbocycles.